The summed E-state index contributed by atoms with van der Waals surface area (Å²) >= 11 is 0. The Morgan fingerprint density at radius 3 is 2.68 bits per heavy atom. The van der Waals surface area contributed by atoms with Crippen molar-refractivity contribution in [2.24, 2.45) is 0 Å². The molecule has 1 atom stereocenters. The Morgan fingerprint density at radius 2 is 2.05 bits per heavy atom. The summed E-state index contributed by atoms with van der Waals surface area (Å²) in [6, 6.07) is 6.83. The summed E-state index contributed by atoms with van der Waals surface area (Å²) in [4.78, 5) is 4.01. The first-order chi connectivity index (χ1) is 9.11. The molecule has 0 radical (unpaired) electrons. The van der Waals surface area contributed by atoms with Gasteiger partial charge in [-0.3, -0.25) is 4.98 Å². The Hall–Kier alpha value is -2.01. The van der Waals surface area contributed by atoms with Crippen molar-refractivity contribution in [2.75, 3.05) is 0 Å². The lowest BCUT2D eigenvalue weighted by molar-refractivity contribution is 0.169. The quantitative estimate of drug-likeness (QED) is 0.918. The van der Waals surface area contributed by atoms with Crippen molar-refractivity contribution in [3.8, 4) is 11.5 Å². The van der Waals surface area contributed by atoms with Crippen LogP contribution < -0.4 is 4.74 Å². The fourth-order valence-corrected chi connectivity index (χ4v) is 1.55. The monoisotopic (exact) mass is 265 g/mol. The number of aliphatic hydroxyl groups is 1. The van der Waals surface area contributed by atoms with Crippen LogP contribution >= 0.6 is 0 Å². The van der Waals surface area contributed by atoms with E-state index >= 15 is 0 Å². The van der Waals surface area contributed by atoms with Crippen LogP contribution in [-0.2, 0) is 0 Å². The largest absolute Gasteiger partial charge is 0.453 e. The highest BCUT2D eigenvalue weighted by Crippen LogP contribution is 2.26. The molecule has 0 fully saturated rings. The minimum absolute atomic E-state index is 0.203. The number of hydrogen-bond donors (Lipinski definition) is 1. The van der Waals surface area contributed by atoms with Crippen molar-refractivity contribution in [3.63, 3.8) is 0 Å². The van der Waals surface area contributed by atoms with Gasteiger partial charge in [0.2, 0.25) is 5.82 Å². The summed E-state index contributed by atoms with van der Waals surface area (Å²) in [5.41, 5.74) is 0.509. The molecule has 1 heterocycles. The van der Waals surface area contributed by atoms with Gasteiger partial charge in [0.15, 0.2) is 11.6 Å². The van der Waals surface area contributed by atoms with Crippen molar-refractivity contribution in [3.05, 3.63) is 53.9 Å². The molecule has 1 N–H and O–H groups in total. The molecule has 1 aromatic heterocycles. The van der Waals surface area contributed by atoms with Gasteiger partial charge < -0.3 is 9.84 Å². The average molecular weight is 265 g/mol. The van der Waals surface area contributed by atoms with Crippen molar-refractivity contribution in [1.82, 2.24) is 4.98 Å². The van der Waals surface area contributed by atoms with Crippen LogP contribution in [0.5, 0.6) is 11.5 Å². The first-order valence-electron chi connectivity index (χ1n) is 5.87. The molecular weight excluding hydrogens is 252 g/mol. The van der Waals surface area contributed by atoms with E-state index in [1.54, 1.807) is 12.1 Å². The Morgan fingerprint density at radius 1 is 1.26 bits per heavy atom. The van der Waals surface area contributed by atoms with Gasteiger partial charge in [-0.1, -0.05) is 13.0 Å². The molecule has 0 unspecified atom stereocenters. The first kappa shape index (κ1) is 13.4. The van der Waals surface area contributed by atoms with Gasteiger partial charge in [0.1, 0.15) is 5.75 Å². The Balaban J connectivity index is 2.18. The summed E-state index contributed by atoms with van der Waals surface area (Å²) in [5, 5.41) is 9.58. The van der Waals surface area contributed by atoms with Gasteiger partial charge in [-0.2, -0.15) is 4.39 Å². The van der Waals surface area contributed by atoms with Crippen molar-refractivity contribution < 1.29 is 18.6 Å². The number of hydrogen-bond acceptors (Lipinski definition) is 3. The summed E-state index contributed by atoms with van der Waals surface area (Å²) in [6.07, 6.45) is 1.27. The predicted octanol–water partition coefficient (Wildman–Crippen LogP) is 3.60. The molecular formula is C14H13F2NO2. The first-order valence-corrected chi connectivity index (χ1v) is 5.87. The number of ether oxygens (including phenoxy) is 1. The molecule has 2 rings (SSSR count). The minimum Gasteiger partial charge on any atom is -0.453 e. The third-order valence-corrected chi connectivity index (χ3v) is 2.63. The van der Waals surface area contributed by atoms with Crippen LogP contribution in [0.1, 0.15) is 25.1 Å². The van der Waals surface area contributed by atoms with Gasteiger partial charge in [0.05, 0.1) is 18.0 Å². The van der Waals surface area contributed by atoms with Crippen molar-refractivity contribution in [1.29, 1.82) is 0 Å². The lowest BCUT2D eigenvalue weighted by Gasteiger charge is -2.09. The second-order valence-electron chi connectivity index (χ2n) is 4.00. The SMILES string of the molecule is CC[C@@H](O)c1ccc(Oc2cccc(F)c2F)cn1. The molecule has 5 heteroatoms. The van der Waals surface area contributed by atoms with Crippen molar-refractivity contribution in [2.45, 2.75) is 19.4 Å². The molecule has 0 saturated heterocycles. The molecule has 0 aliphatic carbocycles. The van der Waals surface area contributed by atoms with Gasteiger partial charge in [-0.25, -0.2) is 4.39 Å². The molecule has 0 aliphatic heterocycles. The van der Waals surface area contributed by atoms with Gasteiger partial charge in [-0.05, 0) is 30.7 Å². The zero-order valence-corrected chi connectivity index (χ0v) is 10.3. The number of benzene rings is 1. The summed E-state index contributed by atoms with van der Waals surface area (Å²) in [6.45, 7) is 1.83. The standard InChI is InChI=1S/C14H13F2NO2/c1-2-12(18)11-7-6-9(8-17-11)19-13-5-3-4-10(15)14(13)16/h3-8,12,18H,2H2,1H3/t12-/m1/s1. The van der Waals surface area contributed by atoms with E-state index in [-0.39, 0.29) is 11.5 Å². The molecule has 19 heavy (non-hydrogen) atoms. The maximum absolute atomic E-state index is 13.4. The zero-order valence-electron chi connectivity index (χ0n) is 10.3. The maximum Gasteiger partial charge on any atom is 0.201 e. The fraction of sp³-hybridized carbons (Fsp3) is 0.214. The zero-order chi connectivity index (χ0) is 13.8. The Kier molecular flexibility index (Phi) is 4.06. The van der Waals surface area contributed by atoms with Gasteiger partial charge >= 0.3 is 0 Å². The second kappa shape index (κ2) is 5.75. The van der Waals surface area contributed by atoms with Crippen LogP contribution in [0.4, 0.5) is 8.78 Å². The Bertz CT molecular complexity index is 558. The summed E-state index contributed by atoms with van der Waals surface area (Å²) in [5.74, 6) is -1.94. The lowest BCUT2D eigenvalue weighted by atomic mass is 10.2. The molecule has 0 bridgehead atoms. The maximum atomic E-state index is 13.4. The minimum atomic E-state index is -1.04. The number of aromatic nitrogens is 1. The fourth-order valence-electron chi connectivity index (χ4n) is 1.55. The molecule has 100 valence electrons. The number of aliphatic hydroxyl groups excluding tert-OH is 1. The third-order valence-electron chi connectivity index (χ3n) is 2.63. The van der Waals surface area contributed by atoms with E-state index in [4.69, 9.17) is 4.74 Å². The third kappa shape index (κ3) is 3.06. The van der Waals surface area contributed by atoms with E-state index in [1.807, 2.05) is 6.92 Å². The number of pyridine rings is 1. The molecule has 3 nitrogen and oxygen atoms in total. The van der Waals surface area contributed by atoms with Gasteiger partial charge in [0, 0.05) is 0 Å². The smallest absolute Gasteiger partial charge is 0.201 e. The topological polar surface area (TPSA) is 42.4 Å². The van der Waals surface area contributed by atoms with E-state index in [0.717, 1.165) is 6.07 Å². The van der Waals surface area contributed by atoms with Crippen LogP contribution in [0.15, 0.2) is 36.5 Å². The average Bonchev–Trinajstić information content (AvgIpc) is 2.44. The van der Waals surface area contributed by atoms with Crippen molar-refractivity contribution >= 4 is 0 Å². The highest BCUT2D eigenvalue weighted by molar-refractivity contribution is 5.31. The number of halogens is 2. The second-order valence-corrected chi connectivity index (χ2v) is 4.00. The van der Waals surface area contributed by atoms with Gasteiger partial charge in [0.25, 0.3) is 0 Å². The molecule has 0 saturated carbocycles. The Labute approximate surface area is 109 Å². The number of nitrogens with zero attached hydrogens (tertiary/aromatic N) is 1. The van der Waals surface area contributed by atoms with Crippen LogP contribution in [0.2, 0.25) is 0 Å². The van der Waals surface area contributed by atoms with Crippen LogP contribution in [0, 0.1) is 11.6 Å². The molecule has 1 aromatic carbocycles. The summed E-state index contributed by atoms with van der Waals surface area (Å²) < 4.78 is 31.6. The normalized spacial score (nSPS) is 12.2. The van der Waals surface area contributed by atoms with E-state index < -0.39 is 17.7 Å². The highest BCUT2D eigenvalue weighted by Gasteiger charge is 2.11. The van der Waals surface area contributed by atoms with E-state index in [2.05, 4.69) is 4.98 Å². The predicted molar refractivity (Wildman–Crippen MR) is 65.9 cm³/mol. The van der Waals surface area contributed by atoms with E-state index in [9.17, 15) is 13.9 Å². The number of rotatable bonds is 4. The van der Waals surface area contributed by atoms with Crippen LogP contribution in [-0.4, -0.2) is 10.1 Å². The van der Waals surface area contributed by atoms with E-state index in [1.165, 1.54) is 18.3 Å². The van der Waals surface area contributed by atoms with Crippen LogP contribution in [0.3, 0.4) is 0 Å². The highest BCUT2D eigenvalue weighted by atomic mass is 19.2. The molecule has 0 spiro atoms. The lowest BCUT2D eigenvalue weighted by Crippen LogP contribution is -1.98. The van der Waals surface area contributed by atoms with Crippen LogP contribution in [0.25, 0.3) is 0 Å². The molecule has 2 aromatic rings. The molecule has 0 amide bonds. The van der Waals surface area contributed by atoms with E-state index in [0.29, 0.717) is 12.1 Å². The molecule has 0 aliphatic rings. The van der Waals surface area contributed by atoms with Gasteiger partial charge in [-0.15, -0.1) is 0 Å². The summed E-state index contributed by atoms with van der Waals surface area (Å²) in [7, 11) is 0.